The summed E-state index contributed by atoms with van der Waals surface area (Å²) in [6.45, 7) is 5.16. The average Bonchev–Trinajstić information content (AvgIpc) is 2.73. The lowest BCUT2D eigenvalue weighted by atomic mass is 10.2. The molecule has 2 aromatic rings. The first kappa shape index (κ1) is 14.7. The van der Waals surface area contributed by atoms with E-state index in [1.54, 1.807) is 16.9 Å². The minimum atomic E-state index is -0.130. The van der Waals surface area contributed by atoms with E-state index in [1.165, 1.54) is 5.06 Å². The summed E-state index contributed by atoms with van der Waals surface area (Å²) in [5.74, 6) is 0.577. The molecule has 0 atom stereocenters. The summed E-state index contributed by atoms with van der Waals surface area (Å²) in [7, 11) is 0. The monoisotopic (exact) mass is 300 g/mol. The van der Waals surface area contributed by atoms with Gasteiger partial charge in [0.05, 0.1) is 17.9 Å². The second-order valence-corrected chi connectivity index (χ2v) is 5.55. The lowest BCUT2D eigenvalue weighted by Crippen LogP contribution is -2.31. The molecular weight excluding hydrogens is 280 g/mol. The Morgan fingerprint density at radius 3 is 2.77 bits per heavy atom. The average molecular weight is 300 g/mol. The van der Waals surface area contributed by atoms with Gasteiger partial charge in [-0.25, -0.2) is 14.7 Å². The number of aromatic nitrogens is 3. The molecule has 1 amide bonds. The van der Waals surface area contributed by atoms with Gasteiger partial charge in [0, 0.05) is 18.4 Å². The number of amides is 1. The molecule has 0 saturated carbocycles. The van der Waals surface area contributed by atoms with Crippen molar-refractivity contribution in [3.05, 3.63) is 41.3 Å². The molecule has 3 heterocycles. The smallest absolute Gasteiger partial charge is 0.271 e. The topological polar surface area (TPSA) is 60.2 Å². The van der Waals surface area contributed by atoms with Crippen molar-refractivity contribution in [3.63, 3.8) is 0 Å². The van der Waals surface area contributed by atoms with Crippen LogP contribution in [0.4, 0.5) is 0 Å². The molecule has 116 valence electrons. The van der Waals surface area contributed by atoms with Crippen LogP contribution in [-0.2, 0) is 4.84 Å². The van der Waals surface area contributed by atoms with E-state index in [9.17, 15) is 4.79 Å². The van der Waals surface area contributed by atoms with Gasteiger partial charge in [-0.2, -0.15) is 5.10 Å². The fourth-order valence-corrected chi connectivity index (χ4v) is 2.58. The van der Waals surface area contributed by atoms with Crippen LogP contribution in [0.15, 0.2) is 24.4 Å². The molecule has 1 aliphatic heterocycles. The first-order chi connectivity index (χ1) is 10.6. The molecule has 0 unspecified atom stereocenters. The normalized spacial score (nSPS) is 15.6. The maximum absolute atomic E-state index is 12.4. The van der Waals surface area contributed by atoms with Crippen molar-refractivity contribution in [1.29, 1.82) is 0 Å². The molecule has 0 bridgehead atoms. The number of nitrogens with zero attached hydrogens (tertiary/aromatic N) is 4. The van der Waals surface area contributed by atoms with E-state index in [4.69, 9.17) is 4.84 Å². The number of hydrogen-bond acceptors (Lipinski definition) is 4. The molecular formula is C16H20N4O2. The third kappa shape index (κ3) is 3.01. The van der Waals surface area contributed by atoms with Crippen molar-refractivity contribution in [3.8, 4) is 5.82 Å². The van der Waals surface area contributed by atoms with E-state index in [1.807, 2.05) is 26.0 Å². The minimum absolute atomic E-state index is 0.130. The molecule has 6 nitrogen and oxygen atoms in total. The Kier molecular flexibility index (Phi) is 4.20. The lowest BCUT2D eigenvalue weighted by Gasteiger charge is -2.19. The predicted octanol–water partition coefficient (Wildman–Crippen LogP) is 2.44. The molecule has 0 aromatic carbocycles. The van der Waals surface area contributed by atoms with E-state index in [0.29, 0.717) is 24.5 Å². The number of hydrogen-bond donors (Lipinski definition) is 0. The summed E-state index contributed by atoms with van der Waals surface area (Å²) in [5.41, 5.74) is 2.49. The number of carbonyl (C=O) groups is 1. The Hall–Kier alpha value is -2.21. The van der Waals surface area contributed by atoms with E-state index >= 15 is 0 Å². The number of pyridine rings is 1. The maximum Gasteiger partial charge on any atom is 0.278 e. The molecule has 0 N–H and O–H groups in total. The second-order valence-electron chi connectivity index (χ2n) is 5.55. The van der Waals surface area contributed by atoms with Crippen molar-refractivity contribution in [1.82, 2.24) is 19.8 Å². The van der Waals surface area contributed by atoms with Gasteiger partial charge in [0.2, 0.25) is 0 Å². The molecule has 2 aromatic heterocycles. The molecule has 22 heavy (non-hydrogen) atoms. The highest BCUT2D eigenvalue weighted by Gasteiger charge is 2.19. The minimum Gasteiger partial charge on any atom is -0.271 e. The van der Waals surface area contributed by atoms with Crippen LogP contribution in [0.2, 0.25) is 0 Å². The zero-order valence-electron chi connectivity index (χ0n) is 13.0. The van der Waals surface area contributed by atoms with Gasteiger partial charge in [-0.15, -0.1) is 0 Å². The van der Waals surface area contributed by atoms with Gasteiger partial charge < -0.3 is 0 Å². The van der Waals surface area contributed by atoms with Gasteiger partial charge in [-0.3, -0.25) is 9.63 Å². The molecule has 0 aliphatic carbocycles. The van der Waals surface area contributed by atoms with Crippen molar-refractivity contribution < 1.29 is 9.63 Å². The largest absolute Gasteiger partial charge is 0.278 e. The first-order valence-corrected chi connectivity index (χ1v) is 7.59. The maximum atomic E-state index is 12.4. The quantitative estimate of drug-likeness (QED) is 0.854. The van der Waals surface area contributed by atoms with Gasteiger partial charge in [-0.05, 0) is 51.3 Å². The lowest BCUT2D eigenvalue weighted by molar-refractivity contribution is -0.115. The zero-order chi connectivity index (χ0) is 15.5. The van der Waals surface area contributed by atoms with E-state index in [0.717, 1.165) is 30.7 Å². The molecule has 1 fully saturated rings. The molecule has 6 heteroatoms. The predicted molar refractivity (Wildman–Crippen MR) is 81.7 cm³/mol. The van der Waals surface area contributed by atoms with Crippen LogP contribution >= 0.6 is 0 Å². The molecule has 1 saturated heterocycles. The Balaban J connectivity index is 1.78. The fourth-order valence-electron chi connectivity index (χ4n) is 2.58. The van der Waals surface area contributed by atoms with Gasteiger partial charge in [0.15, 0.2) is 5.82 Å². The highest BCUT2D eigenvalue weighted by Crippen LogP contribution is 2.14. The highest BCUT2D eigenvalue weighted by molar-refractivity contribution is 5.93. The number of hydroxylamine groups is 2. The summed E-state index contributed by atoms with van der Waals surface area (Å²) in [5, 5.41) is 5.84. The third-order valence-electron chi connectivity index (χ3n) is 3.70. The van der Waals surface area contributed by atoms with Gasteiger partial charge in [0.1, 0.15) is 0 Å². The number of aryl methyl sites for hydroxylation is 2. The zero-order valence-corrected chi connectivity index (χ0v) is 13.0. The standard InChI is InChI=1S/C16H20N4O2/c1-12-10-13(2)20(18-12)15-7-6-14(11-17-15)16(21)19-8-4-3-5-9-22-19/h6-7,10-11H,3-5,8-9H2,1-2H3. The fraction of sp³-hybridized carbons (Fsp3) is 0.438. The molecule has 3 rings (SSSR count). The van der Waals surface area contributed by atoms with E-state index in [2.05, 4.69) is 10.1 Å². The Bertz CT molecular complexity index is 655. The number of rotatable bonds is 2. The summed E-state index contributed by atoms with van der Waals surface area (Å²) in [6.07, 6.45) is 4.66. The summed E-state index contributed by atoms with van der Waals surface area (Å²) < 4.78 is 1.77. The van der Waals surface area contributed by atoms with Crippen LogP contribution in [-0.4, -0.2) is 38.9 Å². The molecule has 0 radical (unpaired) electrons. The van der Waals surface area contributed by atoms with Crippen LogP contribution in [0.25, 0.3) is 5.82 Å². The summed E-state index contributed by atoms with van der Waals surface area (Å²) >= 11 is 0. The van der Waals surface area contributed by atoms with Crippen molar-refractivity contribution in [2.24, 2.45) is 0 Å². The Labute approximate surface area is 129 Å². The molecule has 0 spiro atoms. The second kappa shape index (κ2) is 6.27. The number of carbonyl (C=O) groups excluding carboxylic acids is 1. The van der Waals surface area contributed by atoms with Crippen molar-refractivity contribution in [2.75, 3.05) is 13.2 Å². The van der Waals surface area contributed by atoms with Crippen LogP contribution in [0.3, 0.4) is 0 Å². The van der Waals surface area contributed by atoms with Gasteiger partial charge in [-0.1, -0.05) is 0 Å². The summed E-state index contributed by atoms with van der Waals surface area (Å²) in [6, 6.07) is 5.58. The highest BCUT2D eigenvalue weighted by atomic mass is 16.7. The van der Waals surface area contributed by atoms with Crippen LogP contribution < -0.4 is 0 Å². The van der Waals surface area contributed by atoms with Crippen LogP contribution in [0.1, 0.15) is 41.0 Å². The van der Waals surface area contributed by atoms with Crippen LogP contribution in [0.5, 0.6) is 0 Å². The third-order valence-corrected chi connectivity index (χ3v) is 3.70. The SMILES string of the molecule is Cc1cc(C)n(-c2ccc(C(=O)N3CCCCCO3)cn2)n1. The first-order valence-electron chi connectivity index (χ1n) is 7.59. The Morgan fingerprint density at radius 1 is 1.23 bits per heavy atom. The van der Waals surface area contributed by atoms with E-state index < -0.39 is 0 Å². The van der Waals surface area contributed by atoms with Crippen LogP contribution in [0, 0.1) is 13.8 Å². The van der Waals surface area contributed by atoms with Gasteiger partial charge in [0.25, 0.3) is 5.91 Å². The Morgan fingerprint density at radius 2 is 2.09 bits per heavy atom. The molecule has 1 aliphatic rings. The summed E-state index contributed by atoms with van der Waals surface area (Å²) in [4.78, 5) is 22.3. The van der Waals surface area contributed by atoms with Crippen molar-refractivity contribution >= 4 is 5.91 Å². The van der Waals surface area contributed by atoms with Crippen molar-refractivity contribution in [2.45, 2.75) is 33.1 Å². The van der Waals surface area contributed by atoms with Gasteiger partial charge >= 0.3 is 0 Å². The van der Waals surface area contributed by atoms with E-state index in [-0.39, 0.29) is 5.91 Å².